The van der Waals surface area contributed by atoms with Crippen LogP contribution in [0.15, 0.2) is 72.8 Å². The molecule has 3 aromatic carbocycles. The summed E-state index contributed by atoms with van der Waals surface area (Å²) in [6.07, 6.45) is 0.600. The fourth-order valence-electron chi connectivity index (χ4n) is 4.56. The van der Waals surface area contributed by atoms with Gasteiger partial charge in [-0.2, -0.15) is 8.42 Å². The highest BCUT2D eigenvalue weighted by Gasteiger charge is 2.33. The first kappa shape index (κ1) is 28.3. The van der Waals surface area contributed by atoms with Crippen LogP contribution in [0.5, 0.6) is 5.75 Å². The van der Waals surface area contributed by atoms with Crippen molar-refractivity contribution in [2.45, 2.75) is 32.7 Å². The number of likely N-dealkylation sites (N-methyl/N-ethyl adjacent to an activating group) is 1. The molecule has 1 aliphatic rings. The zero-order chi connectivity index (χ0) is 28.0. The fourth-order valence-corrected chi connectivity index (χ4v) is 5.99. The first-order chi connectivity index (χ1) is 18.7. The molecule has 0 fully saturated rings. The normalized spacial score (nSPS) is 13.4. The molecule has 39 heavy (non-hydrogen) atoms. The minimum Gasteiger partial charge on any atom is -0.494 e. The third-order valence-corrected chi connectivity index (χ3v) is 8.12. The van der Waals surface area contributed by atoms with Crippen molar-refractivity contribution < 1.29 is 22.7 Å². The molecule has 1 aliphatic heterocycles. The number of nitrogens with zero attached hydrogens (tertiary/aromatic N) is 2. The topological polar surface area (TPSA) is 108 Å². The van der Waals surface area contributed by atoms with Gasteiger partial charge in [0.1, 0.15) is 11.8 Å². The minimum absolute atomic E-state index is 0.148. The summed E-state index contributed by atoms with van der Waals surface area (Å²) in [4.78, 5) is 28.3. The van der Waals surface area contributed by atoms with Gasteiger partial charge in [-0.05, 0) is 67.8 Å². The molecule has 0 radical (unpaired) electrons. The largest absolute Gasteiger partial charge is 0.494 e. The van der Waals surface area contributed by atoms with E-state index in [1.54, 1.807) is 42.5 Å². The Balaban J connectivity index is 1.54. The molecule has 2 N–H and O–H groups in total. The Bertz CT molecular complexity index is 1420. The van der Waals surface area contributed by atoms with Crippen molar-refractivity contribution in [3.8, 4) is 5.75 Å². The highest BCUT2D eigenvalue weighted by atomic mass is 35.5. The van der Waals surface area contributed by atoms with Gasteiger partial charge in [0.05, 0.1) is 12.3 Å². The summed E-state index contributed by atoms with van der Waals surface area (Å²) in [5.74, 6) is 0.300. The van der Waals surface area contributed by atoms with Crippen molar-refractivity contribution in [2.24, 2.45) is 0 Å². The van der Waals surface area contributed by atoms with Crippen molar-refractivity contribution in [3.63, 3.8) is 0 Å². The van der Waals surface area contributed by atoms with Crippen molar-refractivity contribution in [3.05, 3.63) is 88.9 Å². The van der Waals surface area contributed by atoms with E-state index in [0.717, 1.165) is 9.87 Å². The van der Waals surface area contributed by atoms with E-state index in [1.165, 1.54) is 4.90 Å². The maximum Gasteiger partial charge on any atom is 0.330 e. The quantitative estimate of drug-likeness (QED) is 0.378. The number of fused-ring (bicyclic) bond motifs is 1. The Kier molecular flexibility index (Phi) is 8.98. The number of ether oxygens (including phenoxy) is 1. The van der Waals surface area contributed by atoms with Gasteiger partial charge in [-0.1, -0.05) is 48.0 Å². The lowest BCUT2D eigenvalue weighted by Crippen LogP contribution is -2.55. The molecule has 3 aromatic rings. The number of halogens is 1. The van der Waals surface area contributed by atoms with Crippen LogP contribution in [-0.4, -0.2) is 46.1 Å². The smallest absolute Gasteiger partial charge is 0.330 e. The molecule has 3 amide bonds. The molecule has 0 bridgehead atoms. The van der Waals surface area contributed by atoms with E-state index in [1.807, 2.05) is 44.2 Å². The number of nitrogens with one attached hydrogen (secondary N) is 2. The van der Waals surface area contributed by atoms with Crippen LogP contribution in [0.1, 0.15) is 25.0 Å². The number of urea groups is 1. The van der Waals surface area contributed by atoms with Gasteiger partial charge in [0.2, 0.25) is 5.91 Å². The molecule has 0 unspecified atom stereocenters. The van der Waals surface area contributed by atoms with Crippen molar-refractivity contribution in [1.29, 1.82) is 0 Å². The predicted octanol–water partition coefficient (Wildman–Crippen LogP) is 4.31. The molecule has 1 heterocycles. The predicted molar refractivity (Wildman–Crippen MR) is 153 cm³/mol. The SMILES string of the molecule is CCOc1ccc(N(CC)C(=O)[C@H](Cc2ccccc2)NC(=O)NS(=O)(=O)N2CCc3c(Cl)cccc32)cc1. The van der Waals surface area contributed by atoms with Gasteiger partial charge in [-0.3, -0.25) is 9.10 Å². The fraction of sp³-hybridized carbons (Fsp3) is 0.286. The lowest BCUT2D eigenvalue weighted by molar-refractivity contribution is -0.120. The molecular formula is C28H31ClN4O5S. The standard InChI is InChI=1S/C28H31ClN4O5S/c1-3-32(21-13-15-22(16-14-21)38-4-2)27(34)25(19-20-9-6-5-7-10-20)30-28(35)31-39(36,37)33-18-17-23-24(29)11-8-12-26(23)33/h5-16,25H,3-4,17-19H2,1-2H3,(H2,30,31,35)/t25-/m0/s1. The molecule has 0 saturated heterocycles. The van der Waals surface area contributed by atoms with E-state index in [4.69, 9.17) is 16.3 Å². The van der Waals surface area contributed by atoms with Crippen LogP contribution in [-0.2, 0) is 27.8 Å². The summed E-state index contributed by atoms with van der Waals surface area (Å²) < 4.78 is 34.9. The number of hydrogen-bond donors (Lipinski definition) is 2. The molecule has 206 valence electrons. The second kappa shape index (κ2) is 12.4. The Morgan fingerprint density at radius 3 is 2.41 bits per heavy atom. The van der Waals surface area contributed by atoms with Crippen LogP contribution in [0, 0.1) is 0 Å². The maximum absolute atomic E-state index is 13.7. The van der Waals surface area contributed by atoms with E-state index in [9.17, 15) is 18.0 Å². The molecule has 4 rings (SSSR count). The number of anilines is 2. The van der Waals surface area contributed by atoms with Crippen LogP contribution in [0.3, 0.4) is 0 Å². The van der Waals surface area contributed by atoms with Gasteiger partial charge >= 0.3 is 16.2 Å². The average Bonchev–Trinajstić information content (AvgIpc) is 3.37. The number of benzene rings is 3. The van der Waals surface area contributed by atoms with Crippen molar-refractivity contribution >= 4 is 45.1 Å². The highest BCUT2D eigenvalue weighted by molar-refractivity contribution is 7.91. The molecule has 11 heteroatoms. The van der Waals surface area contributed by atoms with Crippen LogP contribution >= 0.6 is 11.6 Å². The third kappa shape index (κ3) is 6.63. The zero-order valence-corrected chi connectivity index (χ0v) is 23.3. The maximum atomic E-state index is 13.7. The molecule has 0 aliphatic carbocycles. The van der Waals surface area contributed by atoms with Gasteiger partial charge < -0.3 is 15.0 Å². The number of hydrogen-bond acceptors (Lipinski definition) is 5. The van der Waals surface area contributed by atoms with E-state index in [-0.39, 0.29) is 18.9 Å². The lowest BCUT2D eigenvalue weighted by atomic mass is 10.0. The summed E-state index contributed by atoms with van der Waals surface area (Å²) >= 11 is 6.22. The molecule has 1 atom stereocenters. The van der Waals surface area contributed by atoms with Gasteiger partial charge in [-0.15, -0.1) is 0 Å². The van der Waals surface area contributed by atoms with Crippen LogP contribution in [0.2, 0.25) is 5.02 Å². The highest BCUT2D eigenvalue weighted by Crippen LogP contribution is 2.34. The number of carbonyl (C=O) groups excluding carboxylic acids is 2. The Morgan fingerprint density at radius 1 is 1.03 bits per heavy atom. The second-order valence-electron chi connectivity index (χ2n) is 8.89. The molecule has 0 spiro atoms. The Hall–Kier alpha value is -3.76. The van der Waals surface area contributed by atoms with Gasteiger partial charge in [0.15, 0.2) is 0 Å². The number of rotatable bonds is 10. The van der Waals surface area contributed by atoms with Gasteiger partial charge in [-0.25, -0.2) is 9.52 Å². The van der Waals surface area contributed by atoms with E-state index >= 15 is 0 Å². The molecule has 0 saturated carbocycles. The summed E-state index contributed by atoms with van der Waals surface area (Å²) in [5.41, 5.74) is 2.57. The monoisotopic (exact) mass is 570 g/mol. The van der Waals surface area contributed by atoms with E-state index in [0.29, 0.717) is 47.3 Å². The van der Waals surface area contributed by atoms with Gasteiger partial charge in [0.25, 0.3) is 0 Å². The van der Waals surface area contributed by atoms with Gasteiger partial charge in [0, 0.05) is 30.2 Å². The summed E-state index contributed by atoms with van der Waals surface area (Å²) in [7, 11) is -4.25. The first-order valence-corrected chi connectivity index (χ1v) is 14.5. The van der Waals surface area contributed by atoms with Crippen LogP contribution < -0.4 is 24.0 Å². The Labute approximate surface area is 233 Å². The van der Waals surface area contributed by atoms with Crippen LogP contribution in [0.4, 0.5) is 16.2 Å². The average molecular weight is 571 g/mol. The first-order valence-electron chi connectivity index (χ1n) is 12.7. The zero-order valence-electron chi connectivity index (χ0n) is 21.8. The van der Waals surface area contributed by atoms with Crippen LogP contribution in [0.25, 0.3) is 0 Å². The second-order valence-corrected chi connectivity index (χ2v) is 10.9. The number of carbonyl (C=O) groups is 2. The molecule has 9 nitrogen and oxygen atoms in total. The summed E-state index contributed by atoms with van der Waals surface area (Å²) in [6, 6.07) is 19.3. The van der Waals surface area contributed by atoms with E-state index in [2.05, 4.69) is 10.0 Å². The third-order valence-electron chi connectivity index (χ3n) is 6.37. The van der Waals surface area contributed by atoms with Crippen molar-refractivity contribution in [2.75, 3.05) is 28.9 Å². The molecule has 0 aromatic heterocycles. The lowest BCUT2D eigenvalue weighted by Gasteiger charge is -2.28. The minimum atomic E-state index is -4.25. The number of amides is 3. The Morgan fingerprint density at radius 2 is 1.74 bits per heavy atom. The van der Waals surface area contributed by atoms with E-state index < -0.39 is 22.3 Å². The molecular weight excluding hydrogens is 540 g/mol. The van der Waals surface area contributed by atoms with Crippen molar-refractivity contribution in [1.82, 2.24) is 10.0 Å². The summed E-state index contributed by atoms with van der Waals surface area (Å²) in [6.45, 7) is 4.72. The summed E-state index contributed by atoms with van der Waals surface area (Å²) in [5, 5.41) is 3.07.